The van der Waals surface area contributed by atoms with Gasteiger partial charge in [0.05, 0.1) is 23.5 Å². The lowest BCUT2D eigenvalue weighted by Gasteiger charge is -2.26. The molecule has 5 nitrogen and oxygen atoms in total. The predicted molar refractivity (Wildman–Crippen MR) is 110 cm³/mol. The van der Waals surface area contributed by atoms with E-state index in [1.807, 2.05) is 24.3 Å². The number of hydrogen-bond donors (Lipinski definition) is 1. The van der Waals surface area contributed by atoms with E-state index in [-0.39, 0.29) is 16.8 Å². The van der Waals surface area contributed by atoms with Gasteiger partial charge in [0, 0.05) is 5.57 Å². The Morgan fingerprint density at radius 2 is 1.83 bits per heavy atom. The largest absolute Gasteiger partial charge is 0.489 e. The van der Waals surface area contributed by atoms with Gasteiger partial charge in [0.2, 0.25) is 5.70 Å². The Balaban J connectivity index is 1.46. The Kier molecular flexibility index (Phi) is 4.27. The predicted octanol–water partition coefficient (Wildman–Crippen LogP) is 4.26. The summed E-state index contributed by atoms with van der Waals surface area (Å²) in [5.41, 5.74) is 3.14. The van der Waals surface area contributed by atoms with Crippen LogP contribution in [0.1, 0.15) is 11.1 Å². The van der Waals surface area contributed by atoms with Gasteiger partial charge in [-0.25, -0.2) is 8.78 Å². The fraction of sp³-hybridized carbons (Fsp3) is 0.0435. The highest BCUT2D eigenvalue weighted by atomic mass is 19.1. The van der Waals surface area contributed by atoms with Gasteiger partial charge in [-0.2, -0.15) is 10.8 Å². The minimum absolute atomic E-state index is 0.116. The van der Waals surface area contributed by atoms with E-state index in [0.717, 1.165) is 22.5 Å². The van der Waals surface area contributed by atoms with Crippen LogP contribution in [-0.4, -0.2) is 16.6 Å². The highest BCUT2D eigenvalue weighted by Crippen LogP contribution is 2.36. The fourth-order valence-electron chi connectivity index (χ4n) is 3.49. The number of benzene rings is 2. The number of aliphatic imine (C=N–C) groups is 2. The molecule has 3 aliphatic rings. The molecule has 2 aliphatic heterocycles. The van der Waals surface area contributed by atoms with E-state index in [4.69, 9.17) is 15.6 Å². The zero-order valence-electron chi connectivity index (χ0n) is 15.8. The fourth-order valence-corrected chi connectivity index (χ4v) is 3.49. The minimum atomic E-state index is -0.643. The van der Waals surface area contributed by atoms with Crippen molar-refractivity contribution in [2.45, 2.75) is 6.61 Å². The van der Waals surface area contributed by atoms with Gasteiger partial charge >= 0.3 is 0 Å². The summed E-state index contributed by atoms with van der Waals surface area (Å²) in [5, 5.41) is 0. The molecule has 1 aliphatic carbocycles. The number of halogens is 2. The van der Waals surface area contributed by atoms with Crippen LogP contribution in [0, 0.1) is 11.6 Å². The minimum Gasteiger partial charge on any atom is -0.489 e. The molecule has 2 heterocycles. The van der Waals surface area contributed by atoms with E-state index >= 15 is 0 Å². The smallest absolute Gasteiger partial charge is 0.265 e. The maximum absolute atomic E-state index is 13.9. The lowest BCUT2D eigenvalue weighted by atomic mass is 10.0. The molecule has 2 aromatic carbocycles. The molecule has 0 fully saturated rings. The average Bonchev–Trinajstić information content (AvgIpc) is 2.99. The van der Waals surface area contributed by atoms with Crippen LogP contribution >= 0.6 is 0 Å². The molecular weight excluding hydrogens is 386 g/mol. The van der Waals surface area contributed by atoms with Gasteiger partial charge in [-0.05, 0) is 30.3 Å². The van der Waals surface area contributed by atoms with Crippen molar-refractivity contribution in [3.05, 3.63) is 113 Å². The van der Waals surface area contributed by atoms with Crippen LogP contribution in [0.15, 0.2) is 100 Å². The van der Waals surface area contributed by atoms with E-state index in [1.165, 1.54) is 18.2 Å². The summed E-state index contributed by atoms with van der Waals surface area (Å²) in [5.74, 6) is 6.45. The molecule has 2 aromatic rings. The summed E-state index contributed by atoms with van der Waals surface area (Å²) in [4.78, 5) is 8.99. The molecule has 0 aromatic heterocycles. The van der Waals surface area contributed by atoms with Crippen LogP contribution in [0.4, 0.5) is 8.78 Å². The first-order valence-electron chi connectivity index (χ1n) is 9.33. The summed E-state index contributed by atoms with van der Waals surface area (Å²) in [7, 11) is 0. The van der Waals surface area contributed by atoms with E-state index in [2.05, 4.69) is 4.99 Å². The number of quaternary nitrogens is 1. The quantitative estimate of drug-likeness (QED) is 0.599. The third-order valence-electron chi connectivity index (χ3n) is 5.16. The molecule has 0 spiro atoms. The number of fused-ring (bicyclic) bond motifs is 1. The molecule has 1 atom stereocenters. The number of hydrogen-bond acceptors (Lipinski definition) is 4. The molecule has 30 heavy (non-hydrogen) atoms. The van der Waals surface area contributed by atoms with E-state index in [0.29, 0.717) is 11.6 Å². The highest BCUT2D eigenvalue weighted by molar-refractivity contribution is 6.01. The third-order valence-corrected chi connectivity index (χ3v) is 5.16. The molecule has 1 unspecified atom stereocenters. The Morgan fingerprint density at radius 1 is 1.07 bits per heavy atom. The van der Waals surface area contributed by atoms with E-state index in [1.54, 1.807) is 36.8 Å². The van der Waals surface area contributed by atoms with Gasteiger partial charge in [-0.15, -0.1) is 4.59 Å². The maximum Gasteiger partial charge on any atom is 0.265 e. The lowest BCUT2D eigenvalue weighted by molar-refractivity contribution is -0.750. The van der Waals surface area contributed by atoms with Crippen molar-refractivity contribution in [2.24, 2.45) is 15.8 Å². The Labute approximate surface area is 171 Å². The second-order valence-corrected chi connectivity index (χ2v) is 7.02. The number of rotatable bonds is 5. The second kappa shape index (κ2) is 6.98. The molecule has 0 radical (unpaired) electrons. The Morgan fingerprint density at radius 3 is 2.57 bits per heavy atom. The second-order valence-electron chi connectivity index (χ2n) is 7.02. The maximum atomic E-state index is 13.9. The number of ether oxygens (including phenoxy) is 1. The van der Waals surface area contributed by atoms with Gasteiger partial charge in [-0.1, -0.05) is 30.4 Å². The zero-order valence-corrected chi connectivity index (χ0v) is 15.8. The SMILES string of the molecule is N[N+]12C=CN=CC1=C(C1=CC=C1)N=C2c1cccc(OCc2c(F)cccc2F)c1. The van der Waals surface area contributed by atoms with Crippen molar-refractivity contribution in [3.63, 3.8) is 0 Å². The van der Waals surface area contributed by atoms with Crippen LogP contribution in [0.3, 0.4) is 0 Å². The number of nitrogens with two attached hydrogens (primary N) is 1. The number of amidine groups is 1. The first kappa shape index (κ1) is 18.4. The molecule has 0 bridgehead atoms. The lowest BCUT2D eigenvalue weighted by Crippen LogP contribution is -2.53. The molecule has 5 rings (SSSR count). The van der Waals surface area contributed by atoms with Crippen LogP contribution in [0.5, 0.6) is 5.75 Å². The average molecular weight is 403 g/mol. The van der Waals surface area contributed by atoms with Crippen LogP contribution < -0.4 is 10.6 Å². The van der Waals surface area contributed by atoms with Gasteiger partial charge in [-0.3, -0.25) is 4.99 Å². The van der Waals surface area contributed by atoms with Crippen molar-refractivity contribution in [2.75, 3.05) is 0 Å². The molecule has 2 N–H and O–H groups in total. The molecule has 7 heteroatoms. The molecular formula is C23H17F2N4O+. The molecule has 148 valence electrons. The highest BCUT2D eigenvalue weighted by Gasteiger charge is 2.44. The van der Waals surface area contributed by atoms with E-state index in [9.17, 15) is 8.78 Å². The summed E-state index contributed by atoms with van der Waals surface area (Å²) in [6.45, 7) is -0.226. The number of allylic oxidation sites excluding steroid dienone is 4. The standard InChI is InChI=1S/C23H17F2N4O/c24-19-8-3-9-20(25)18(19)14-30-17-7-2-6-16(12-17)23-28-22(15-4-1-5-15)21-13-27-10-11-29(21,23)26/h1-13H,14,26H2/q+1. The van der Waals surface area contributed by atoms with Gasteiger partial charge in [0.15, 0.2) is 0 Å². The Bertz CT molecular complexity index is 1220. The molecule has 0 saturated carbocycles. The third kappa shape index (κ3) is 2.92. The summed E-state index contributed by atoms with van der Waals surface area (Å²) in [6.07, 6.45) is 11.0. The van der Waals surface area contributed by atoms with Gasteiger partial charge in [0.1, 0.15) is 35.9 Å². The first-order valence-corrected chi connectivity index (χ1v) is 9.33. The van der Waals surface area contributed by atoms with E-state index < -0.39 is 11.6 Å². The van der Waals surface area contributed by atoms with Crippen molar-refractivity contribution >= 4 is 12.1 Å². The Hall–Kier alpha value is -3.68. The van der Waals surface area contributed by atoms with Gasteiger partial charge in [0.25, 0.3) is 5.84 Å². The summed E-state index contributed by atoms with van der Waals surface area (Å²) >= 11 is 0. The zero-order chi connectivity index (χ0) is 20.7. The summed E-state index contributed by atoms with van der Waals surface area (Å²) in [6, 6.07) is 10.9. The van der Waals surface area contributed by atoms with Crippen molar-refractivity contribution in [1.29, 1.82) is 0 Å². The summed E-state index contributed by atoms with van der Waals surface area (Å²) < 4.78 is 33.3. The van der Waals surface area contributed by atoms with Crippen molar-refractivity contribution in [1.82, 2.24) is 0 Å². The van der Waals surface area contributed by atoms with Crippen LogP contribution in [0.2, 0.25) is 0 Å². The topological polar surface area (TPSA) is 60.0 Å². The number of nitrogens with zero attached hydrogens (tertiary/aromatic N) is 3. The monoisotopic (exact) mass is 403 g/mol. The van der Waals surface area contributed by atoms with Gasteiger partial charge < -0.3 is 4.74 Å². The first-order chi connectivity index (χ1) is 14.6. The van der Waals surface area contributed by atoms with Crippen molar-refractivity contribution in [3.8, 4) is 5.75 Å². The van der Waals surface area contributed by atoms with Crippen LogP contribution in [-0.2, 0) is 6.61 Å². The molecule has 0 amide bonds. The van der Waals surface area contributed by atoms with Crippen LogP contribution in [0.25, 0.3) is 0 Å². The van der Waals surface area contributed by atoms with Crippen molar-refractivity contribution < 1.29 is 18.1 Å². The normalized spacial score (nSPS) is 21.3. The molecule has 0 saturated heterocycles.